The molecule has 0 aliphatic carbocycles. The molecule has 23 heavy (non-hydrogen) atoms. The molecule has 0 heterocycles. The number of carbonyl (C=O) groups is 1. The minimum Gasteiger partial charge on any atom is -0.508 e. The lowest BCUT2D eigenvalue weighted by Gasteiger charge is -2.02. The zero-order chi connectivity index (χ0) is 17.4. The van der Waals surface area contributed by atoms with Crippen LogP contribution in [0.3, 0.4) is 0 Å². The molecule has 0 unspecified atom stereocenters. The number of benzene rings is 2. The number of phenolic OH excluding ortho intramolecular Hbond substituents is 1. The highest BCUT2D eigenvalue weighted by Crippen LogP contribution is 2.27. The lowest BCUT2D eigenvalue weighted by atomic mass is 10.1. The average Bonchev–Trinajstić information content (AvgIpc) is 2.56. The largest absolute Gasteiger partial charge is 0.508 e. The van der Waals surface area contributed by atoms with Crippen LogP contribution in [0, 0.1) is 0 Å². The summed E-state index contributed by atoms with van der Waals surface area (Å²) in [5.74, 6) is -1.35. The number of nitrogens with zero attached hydrogens (tertiary/aromatic N) is 2. The summed E-state index contributed by atoms with van der Waals surface area (Å²) in [7, 11) is 0. The van der Waals surface area contributed by atoms with Crippen LogP contribution in [-0.4, -0.2) is 21.3 Å². The van der Waals surface area contributed by atoms with Crippen LogP contribution in [0.15, 0.2) is 46.6 Å². The molecule has 6 heteroatoms. The summed E-state index contributed by atoms with van der Waals surface area (Å²) in [4.78, 5) is 10.9. The summed E-state index contributed by atoms with van der Waals surface area (Å²) in [5, 5.41) is 35.8. The number of phenols is 2. The smallest absolute Gasteiger partial charge is 0.339 e. The second-order valence-corrected chi connectivity index (χ2v) is 4.37. The molecule has 2 aromatic rings. The molecule has 0 fully saturated rings. The van der Waals surface area contributed by atoms with Gasteiger partial charge in [-0.1, -0.05) is 20.8 Å². The number of aromatic hydroxyl groups is 2. The van der Waals surface area contributed by atoms with E-state index in [1.165, 1.54) is 24.3 Å². The van der Waals surface area contributed by atoms with E-state index in [2.05, 4.69) is 10.2 Å². The fourth-order valence-corrected chi connectivity index (χ4v) is 1.79. The van der Waals surface area contributed by atoms with Crippen LogP contribution in [0.4, 0.5) is 11.4 Å². The molecular weight excluding hydrogens is 296 g/mol. The number of carboxylic acids is 1. The average molecular weight is 316 g/mol. The molecule has 6 nitrogen and oxygen atoms in total. The zero-order valence-corrected chi connectivity index (χ0v) is 13.3. The van der Waals surface area contributed by atoms with Crippen molar-refractivity contribution in [3.05, 3.63) is 47.5 Å². The molecule has 0 saturated carbocycles. The first-order chi connectivity index (χ1) is 11.0. The third kappa shape index (κ3) is 4.81. The van der Waals surface area contributed by atoms with Gasteiger partial charge in [0.05, 0.1) is 11.4 Å². The van der Waals surface area contributed by atoms with Crippen molar-refractivity contribution in [2.75, 3.05) is 0 Å². The van der Waals surface area contributed by atoms with Crippen LogP contribution in [0.1, 0.15) is 36.7 Å². The number of aromatic carboxylic acids is 1. The van der Waals surface area contributed by atoms with E-state index in [4.69, 9.17) is 5.11 Å². The molecule has 0 atom stereocenters. The van der Waals surface area contributed by atoms with Gasteiger partial charge in [0.15, 0.2) is 0 Å². The summed E-state index contributed by atoms with van der Waals surface area (Å²) in [6, 6.07) is 8.81. The Morgan fingerprint density at radius 1 is 0.957 bits per heavy atom. The normalized spacial score (nSPS) is 10.2. The Labute approximate surface area is 134 Å². The molecule has 0 aliphatic heterocycles. The van der Waals surface area contributed by atoms with Gasteiger partial charge >= 0.3 is 5.97 Å². The number of aryl methyl sites for hydroxylation is 1. The minimum atomic E-state index is -1.23. The van der Waals surface area contributed by atoms with E-state index in [9.17, 15) is 15.0 Å². The lowest BCUT2D eigenvalue weighted by Crippen LogP contribution is -1.95. The van der Waals surface area contributed by atoms with E-state index < -0.39 is 5.97 Å². The van der Waals surface area contributed by atoms with Crippen molar-refractivity contribution in [3.8, 4) is 11.5 Å². The Morgan fingerprint density at radius 3 is 2.00 bits per heavy atom. The standard InChI is InChI=1S/C15H14N2O4.C2H6/c1-2-9-7-10(3-5-13(9)18)16-17-11-4-6-14(19)12(8-11)15(20)21;1-2/h3-8,18-19H,2H2,1H3,(H,20,21);1-2H3. The van der Waals surface area contributed by atoms with E-state index in [0.717, 1.165) is 5.56 Å². The van der Waals surface area contributed by atoms with E-state index in [1.807, 2.05) is 20.8 Å². The van der Waals surface area contributed by atoms with Crippen LogP contribution < -0.4 is 0 Å². The maximum atomic E-state index is 10.9. The van der Waals surface area contributed by atoms with Crippen molar-refractivity contribution in [1.29, 1.82) is 0 Å². The summed E-state index contributed by atoms with van der Waals surface area (Å²) in [6.45, 7) is 5.91. The molecule has 0 radical (unpaired) electrons. The van der Waals surface area contributed by atoms with E-state index in [0.29, 0.717) is 17.8 Å². The van der Waals surface area contributed by atoms with Crippen LogP contribution in [0.5, 0.6) is 11.5 Å². The quantitative estimate of drug-likeness (QED) is 0.705. The van der Waals surface area contributed by atoms with Gasteiger partial charge in [0.25, 0.3) is 0 Å². The Morgan fingerprint density at radius 2 is 1.48 bits per heavy atom. The maximum Gasteiger partial charge on any atom is 0.339 e. The molecule has 0 saturated heterocycles. The van der Waals surface area contributed by atoms with Crippen molar-refractivity contribution in [3.63, 3.8) is 0 Å². The monoisotopic (exact) mass is 316 g/mol. The van der Waals surface area contributed by atoms with Gasteiger partial charge in [0, 0.05) is 0 Å². The predicted octanol–water partition coefficient (Wildman–Crippen LogP) is 4.80. The van der Waals surface area contributed by atoms with Crippen molar-refractivity contribution >= 4 is 17.3 Å². The van der Waals surface area contributed by atoms with Gasteiger partial charge in [-0.05, 0) is 48.4 Å². The fourth-order valence-electron chi connectivity index (χ4n) is 1.79. The topological polar surface area (TPSA) is 102 Å². The summed E-state index contributed by atoms with van der Waals surface area (Å²) in [5.41, 5.74) is 1.39. The number of rotatable bonds is 4. The third-order valence-electron chi connectivity index (χ3n) is 2.94. The van der Waals surface area contributed by atoms with Crippen molar-refractivity contribution in [2.45, 2.75) is 27.2 Å². The molecule has 3 N–H and O–H groups in total. The van der Waals surface area contributed by atoms with Gasteiger partial charge in [0.2, 0.25) is 0 Å². The Hall–Kier alpha value is -2.89. The first kappa shape index (κ1) is 18.2. The molecule has 0 spiro atoms. The molecule has 122 valence electrons. The summed E-state index contributed by atoms with van der Waals surface area (Å²) < 4.78 is 0. The second kappa shape index (κ2) is 8.53. The number of carboxylic acid groups (broad SMARTS) is 1. The highest BCUT2D eigenvalue weighted by atomic mass is 16.4. The van der Waals surface area contributed by atoms with E-state index in [-0.39, 0.29) is 17.1 Å². The van der Waals surface area contributed by atoms with E-state index in [1.54, 1.807) is 12.1 Å². The molecular formula is C17H20N2O4. The molecule has 0 bridgehead atoms. The third-order valence-corrected chi connectivity index (χ3v) is 2.94. The van der Waals surface area contributed by atoms with Gasteiger partial charge in [-0.2, -0.15) is 10.2 Å². The van der Waals surface area contributed by atoms with Crippen LogP contribution in [0.25, 0.3) is 0 Å². The summed E-state index contributed by atoms with van der Waals surface area (Å²) in [6.07, 6.45) is 0.664. The van der Waals surface area contributed by atoms with Crippen LogP contribution >= 0.6 is 0 Å². The van der Waals surface area contributed by atoms with Gasteiger partial charge in [-0.25, -0.2) is 4.79 Å². The summed E-state index contributed by atoms with van der Waals surface area (Å²) >= 11 is 0. The van der Waals surface area contributed by atoms with Crippen LogP contribution in [-0.2, 0) is 6.42 Å². The molecule has 0 aromatic heterocycles. The Bertz CT molecular complexity index is 712. The Kier molecular flexibility index (Phi) is 6.73. The Balaban J connectivity index is 0.00000127. The zero-order valence-electron chi connectivity index (χ0n) is 13.3. The SMILES string of the molecule is CC.CCc1cc(N=Nc2ccc(O)c(C(=O)O)c2)ccc1O. The van der Waals surface area contributed by atoms with Gasteiger partial charge in [-0.3, -0.25) is 0 Å². The predicted molar refractivity (Wildman–Crippen MR) is 88.1 cm³/mol. The first-order valence-corrected chi connectivity index (χ1v) is 7.31. The van der Waals surface area contributed by atoms with Crippen LogP contribution in [0.2, 0.25) is 0 Å². The van der Waals surface area contributed by atoms with Crippen molar-refractivity contribution in [2.24, 2.45) is 10.2 Å². The van der Waals surface area contributed by atoms with Crippen molar-refractivity contribution in [1.82, 2.24) is 0 Å². The molecule has 2 aromatic carbocycles. The number of hydrogen-bond donors (Lipinski definition) is 3. The van der Waals surface area contributed by atoms with Crippen molar-refractivity contribution < 1.29 is 20.1 Å². The highest BCUT2D eigenvalue weighted by Gasteiger charge is 2.09. The molecule has 0 amide bonds. The van der Waals surface area contributed by atoms with Gasteiger partial charge < -0.3 is 15.3 Å². The molecule has 0 aliphatic rings. The fraction of sp³-hybridized carbons (Fsp3) is 0.235. The first-order valence-electron chi connectivity index (χ1n) is 7.31. The maximum absolute atomic E-state index is 10.9. The highest BCUT2D eigenvalue weighted by molar-refractivity contribution is 5.91. The van der Waals surface area contributed by atoms with Gasteiger partial charge in [0.1, 0.15) is 17.1 Å². The van der Waals surface area contributed by atoms with E-state index >= 15 is 0 Å². The lowest BCUT2D eigenvalue weighted by molar-refractivity contribution is 0.0694. The second-order valence-electron chi connectivity index (χ2n) is 4.37. The minimum absolute atomic E-state index is 0.203. The number of hydrogen-bond acceptors (Lipinski definition) is 5. The van der Waals surface area contributed by atoms with Gasteiger partial charge in [-0.15, -0.1) is 0 Å². The molecule has 2 rings (SSSR count). The number of azo groups is 1.